The van der Waals surface area contributed by atoms with Gasteiger partial charge in [0.25, 0.3) is 0 Å². The summed E-state index contributed by atoms with van der Waals surface area (Å²) in [4.78, 5) is 33.5. The van der Waals surface area contributed by atoms with Crippen LogP contribution in [-0.2, 0) is 9.59 Å². The molecule has 20 heavy (non-hydrogen) atoms. The van der Waals surface area contributed by atoms with E-state index >= 15 is 0 Å². The molecule has 0 aromatic rings. The van der Waals surface area contributed by atoms with E-state index in [1.54, 1.807) is 6.92 Å². The molecule has 0 spiro atoms. The van der Waals surface area contributed by atoms with Crippen LogP contribution in [0.25, 0.3) is 0 Å². The second kappa shape index (κ2) is 8.39. The summed E-state index contributed by atoms with van der Waals surface area (Å²) < 4.78 is 0. The second-order valence-electron chi connectivity index (χ2n) is 5.03. The number of hydrogen-bond acceptors (Lipinski definition) is 3. The molecule has 0 bridgehead atoms. The highest BCUT2D eigenvalue weighted by molar-refractivity contribution is 5.77. The minimum absolute atomic E-state index is 0.0200. The number of nitrogens with one attached hydrogen (secondary N) is 3. The molecule has 7 nitrogen and oxygen atoms in total. The van der Waals surface area contributed by atoms with Crippen molar-refractivity contribution >= 4 is 17.9 Å². The zero-order chi connectivity index (χ0) is 15.0. The molecule has 114 valence electrons. The van der Waals surface area contributed by atoms with Crippen molar-refractivity contribution in [3.63, 3.8) is 0 Å². The third-order valence-corrected chi connectivity index (χ3v) is 3.16. The Morgan fingerprint density at radius 1 is 1.25 bits per heavy atom. The summed E-state index contributed by atoms with van der Waals surface area (Å²) in [5.74, 6) is -1.46. The molecule has 0 radical (unpaired) electrons. The van der Waals surface area contributed by atoms with E-state index in [9.17, 15) is 14.4 Å². The molecule has 1 aliphatic rings. The lowest BCUT2D eigenvalue weighted by Gasteiger charge is -2.11. The lowest BCUT2D eigenvalue weighted by molar-refractivity contribution is -0.141. The van der Waals surface area contributed by atoms with Crippen LogP contribution >= 0.6 is 0 Å². The number of hydrogen-bond donors (Lipinski definition) is 4. The Labute approximate surface area is 118 Å². The maximum absolute atomic E-state index is 11.4. The zero-order valence-electron chi connectivity index (χ0n) is 11.8. The molecule has 3 amide bonds. The topological polar surface area (TPSA) is 108 Å². The van der Waals surface area contributed by atoms with E-state index in [4.69, 9.17) is 5.11 Å². The Balaban J connectivity index is 2.01. The molecule has 1 aliphatic carbocycles. The molecule has 0 aliphatic heterocycles. The molecular weight excluding hydrogens is 262 g/mol. The summed E-state index contributed by atoms with van der Waals surface area (Å²) in [6, 6.07) is -0.0342. The molecule has 1 atom stereocenters. The van der Waals surface area contributed by atoms with E-state index in [0.29, 0.717) is 31.8 Å². The minimum atomic E-state index is -0.912. The van der Waals surface area contributed by atoms with Gasteiger partial charge in [-0.1, -0.05) is 6.92 Å². The number of carboxylic acids is 1. The third kappa shape index (κ3) is 6.96. The van der Waals surface area contributed by atoms with Gasteiger partial charge in [-0.05, 0) is 25.7 Å². The first-order chi connectivity index (χ1) is 9.52. The Kier molecular flexibility index (Phi) is 6.83. The lowest BCUT2D eigenvalue weighted by Crippen LogP contribution is -2.40. The molecule has 1 saturated carbocycles. The quantitative estimate of drug-likeness (QED) is 0.461. The van der Waals surface area contributed by atoms with Gasteiger partial charge in [-0.2, -0.15) is 0 Å². The van der Waals surface area contributed by atoms with Crippen LogP contribution in [0.3, 0.4) is 0 Å². The average molecular weight is 285 g/mol. The van der Waals surface area contributed by atoms with Crippen molar-refractivity contribution in [2.24, 2.45) is 5.92 Å². The number of carbonyl (C=O) groups is 3. The zero-order valence-corrected chi connectivity index (χ0v) is 11.8. The fraction of sp³-hybridized carbons (Fsp3) is 0.769. The predicted octanol–water partition coefficient (Wildman–Crippen LogP) is 0.455. The van der Waals surface area contributed by atoms with E-state index in [1.165, 1.54) is 0 Å². The molecule has 4 N–H and O–H groups in total. The molecule has 0 heterocycles. The highest BCUT2D eigenvalue weighted by atomic mass is 16.4. The number of carbonyl (C=O) groups excluding carboxylic acids is 2. The standard InChI is InChI=1S/C13H23N3O4/c1-2-9(12(18)19)8-15-13(20)14-7-3-4-11(17)16-10-5-6-10/h9-10H,2-8H2,1H3,(H,16,17)(H,18,19)(H2,14,15,20). The lowest BCUT2D eigenvalue weighted by atomic mass is 10.1. The van der Waals surface area contributed by atoms with Gasteiger partial charge < -0.3 is 21.1 Å². The first-order valence-corrected chi connectivity index (χ1v) is 7.06. The summed E-state index contributed by atoms with van der Waals surface area (Å²) in [5.41, 5.74) is 0. The first kappa shape index (κ1) is 16.3. The van der Waals surface area contributed by atoms with Crippen molar-refractivity contribution in [1.29, 1.82) is 0 Å². The average Bonchev–Trinajstić information content (AvgIpc) is 3.19. The molecule has 1 fully saturated rings. The van der Waals surface area contributed by atoms with E-state index in [2.05, 4.69) is 16.0 Å². The summed E-state index contributed by atoms with van der Waals surface area (Å²) >= 11 is 0. The first-order valence-electron chi connectivity index (χ1n) is 7.06. The largest absolute Gasteiger partial charge is 0.481 e. The van der Waals surface area contributed by atoms with E-state index in [-0.39, 0.29) is 12.5 Å². The Morgan fingerprint density at radius 2 is 1.95 bits per heavy atom. The highest BCUT2D eigenvalue weighted by Gasteiger charge is 2.22. The van der Waals surface area contributed by atoms with Gasteiger partial charge >= 0.3 is 12.0 Å². The van der Waals surface area contributed by atoms with Gasteiger partial charge in [0.1, 0.15) is 0 Å². The highest BCUT2D eigenvalue weighted by Crippen LogP contribution is 2.18. The molecule has 1 rings (SSSR count). The summed E-state index contributed by atoms with van der Waals surface area (Å²) in [6.45, 7) is 2.27. The maximum Gasteiger partial charge on any atom is 0.314 e. The summed E-state index contributed by atoms with van der Waals surface area (Å²) in [7, 11) is 0. The Morgan fingerprint density at radius 3 is 2.50 bits per heavy atom. The predicted molar refractivity (Wildman–Crippen MR) is 73.2 cm³/mol. The van der Waals surface area contributed by atoms with E-state index < -0.39 is 17.9 Å². The van der Waals surface area contributed by atoms with E-state index in [1.807, 2.05) is 0 Å². The molecule has 0 saturated heterocycles. The fourth-order valence-corrected chi connectivity index (χ4v) is 1.66. The van der Waals surface area contributed by atoms with Crippen LogP contribution < -0.4 is 16.0 Å². The van der Waals surface area contributed by atoms with Crippen molar-refractivity contribution in [3.05, 3.63) is 0 Å². The molecule has 7 heteroatoms. The minimum Gasteiger partial charge on any atom is -0.481 e. The van der Waals surface area contributed by atoms with Crippen molar-refractivity contribution in [1.82, 2.24) is 16.0 Å². The number of carboxylic acid groups (broad SMARTS) is 1. The molecule has 0 aromatic carbocycles. The van der Waals surface area contributed by atoms with Crippen LogP contribution in [0.1, 0.15) is 39.0 Å². The van der Waals surface area contributed by atoms with Crippen molar-refractivity contribution in [2.75, 3.05) is 13.1 Å². The van der Waals surface area contributed by atoms with Gasteiger partial charge in [-0.15, -0.1) is 0 Å². The summed E-state index contributed by atoms with van der Waals surface area (Å²) in [6.07, 6.45) is 3.56. The van der Waals surface area contributed by atoms with Crippen molar-refractivity contribution in [2.45, 2.75) is 45.1 Å². The van der Waals surface area contributed by atoms with Gasteiger partial charge in [0.05, 0.1) is 5.92 Å². The Hall–Kier alpha value is -1.79. The van der Waals surface area contributed by atoms with Gasteiger partial charge in [0.15, 0.2) is 0 Å². The van der Waals surface area contributed by atoms with Crippen LogP contribution in [-0.4, -0.2) is 42.1 Å². The Bertz CT molecular complexity index is 356. The second-order valence-corrected chi connectivity index (χ2v) is 5.03. The smallest absolute Gasteiger partial charge is 0.314 e. The van der Waals surface area contributed by atoms with Gasteiger partial charge in [-0.25, -0.2) is 4.79 Å². The van der Waals surface area contributed by atoms with Crippen LogP contribution in [0, 0.1) is 5.92 Å². The van der Waals surface area contributed by atoms with E-state index in [0.717, 1.165) is 12.8 Å². The van der Waals surface area contributed by atoms with Gasteiger partial charge in [0, 0.05) is 25.6 Å². The maximum atomic E-state index is 11.4. The molecule has 1 unspecified atom stereocenters. The molecule has 0 aromatic heterocycles. The number of urea groups is 1. The third-order valence-electron chi connectivity index (χ3n) is 3.16. The monoisotopic (exact) mass is 285 g/mol. The number of amides is 3. The normalized spacial score (nSPS) is 15.2. The SMILES string of the molecule is CCC(CNC(=O)NCCCC(=O)NC1CC1)C(=O)O. The van der Waals surface area contributed by atoms with Gasteiger partial charge in [-0.3, -0.25) is 9.59 Å². The molecular formula is C13H23N3O4. The van der Waals surface area contributed by atoms with Gasteiger partial charge in [0.2, 0.25) is 5.91 Å². The number of aliphatic carboxylic acids is 1. The summed E-state index contributed by atoms with van der Waals surface area (Å²) in [5, 5.41) is 16.8. The van der Waals surface area contributed by atoms with Crippen LogP contribution in [0.2, 0.25) is 0 Å². The van der Waals surface area contributed by atoms with Crippen molar-refractivity contribution in [3.8, 4) is 0 Å². The fourth-order valence-electron chi connectivity index (χ4n) is 1.66. The van der Waals surface area contributed by atoms with Crippen LogP contribution in [0.5, 0.6) is 0 Å². The van der Waals surface area contributed by atoms with Crippen LogP contribution in [0.4, 0.5) is 4.79 Å². The number of rotatable bonds is 9. The van der Waals surface area contributed by atoms with Crippen LogP contribution in [0.15, 0.2) is 0 Å². The van der Waals surface area contributed by atoms with Crippen molar-refractivity contribution < 1.29 is 19.5 Å².